The lowest BCUT2D eigenvalue weighted by Crippen LogP contribution is -2.63. The van der Waals surface area contributed by atoms with Gasteiger partial charge in [0.05, 0.1) is 16.7 Å². The van der Waals surface area contributed by atoms with Crippen LogP contribution >= 0.6 is 0 Å². The summed E-state index contributed by atoms with van der Waals surface area (Å²) in [6.07, 6.45) is -9.21. The van der Waals surface area contributed by atoms with Crippen molar-refractivity contribution in [2.45, 2.75) is 37.6 Å². The molecule has 0 unspecified atom stereocenters. The van der Waals surface area contributed by atoms with Gasteiger partial charge in [0.1, 0.15) is 30.1 Å². The van der Waals surface area contributed by atoms with Crippen molar-refractivity contribution in [1.29, 1.82) is 0 Å². The Bertz CT molecular complexity index is 2220. The van der Waals surface area contributed by atoms with Gasteiger partial charge in [-0.2, -0.15) is 0 Å². The van der Waals surface area contributed by atoms with Crippen LogP contribution in [0.4, 0.5) is 0 Å². The van der Waals surface area contributed by atoms with Crippen molar-refractivity contribution in [2.24, 2.45) is 0 Å². The Labute approximate surface area is 296 Å². The van der Waals surface area contributed by atoms with E-state index < -0.39 is 71.2 Å². The van der Waals surface area contributed by atoms with E-state index >= 15 is 0 Å². The molecule has 1 fully saturated rings. The summed E-state index contributed by atoms with van der Waals surface area (Å²) in [4.78, 5) is 52.0. The predicted molar refractivity (Wildman–Crippen MR) is 179 cm³/mol. The summed E-state index contributed by atoms with van der Waals surface area (Å²) in [5, 5.41) is 0.582. The summed E-state index contributed by atoms with van der Waals surface area (Å²) < 4.78 is 75.9. The maximum Gasteiger partial charge on any atom is 0.338 e. The molecule has 6 rings (SSSR count). The number of esters is 3. The van der Waals surface area contributed by atoms with Gasteiger partial charge in [-0.3, -0.25) is 4.18 Å². The molecule has 0 amide bonds. The number of aryl methyl sites for hydroxylation is 1. The molecule has 14 nitrogen and oxygen atoms in total. The molecular weight excluding hydrogens is 700 g/mol. The molecular formula is C37H29O14S-. The molecule has 0 radical (unpaired) electrons. The minimum Gasteiger partial charge on any atom is -0.726 e. The Morgan fingerprint density at radius 3 is 1.81 bits per heavy atom. The van der Waals surface area contributed by atoms with Gasteiger partial charge in [-0.15, -0.1) is 0 Å². The first-order chi connectivity index (χ1) is 24.9. The second-order valence-corrected chi connectivity index (χ2v) is 12.5. The number of benzene rings is 4. The minimum atomic E-state index is -5.58. The van der Waals surface area contributed by atoms with Crippen LogP contribution in [0.2, 0.25) is 0 Å². The number of carbonyl (C=O) groups excluding carboxylic acids is 3. The van der Waals surface area contributed by atoms with Crippen molar-refractivity contribution in [2.75, 3.05) is 6.61 Å². The highest BCUT2D eigenvalue weighted by atomic mass is 32.3. The molecule has 15 heteroatoms. The molecule has 0 spiro atoms. The van der Waals surface area contributed by atoms with Crippen molar-refractivity contribution in [3.05, 3.63) is 148 Å². The Morgan fingerprint density at radius 1 is 0.712 bits per heavy atom. The average Bonchev–Trinajstić information content (AvgIpc) is 3.13. The van der Waals surface area contributed by atoms with Crippen molar-refractivity contribution >= 4 is 39.3 Å². The standard InChI is InChI=1S/C37H30O14S/c1-22-19-30(38)47-28-20-26(17-18-27(22)28)46-37-33(50-36(41)25-15-9-4-10-16-25)32(49-35(40)24-13-7-3-8-14-24)31(51-52(42,43)44)29(48-37)21-45-34(39)23-11-5-2-6-12-23/h2-20,29,31-33,37H,21H2,1H3,(H,42,43,44)/p-1/t29-,31+,32+,33-,37-/m0/s1. The third-order valence-electron chi connectivity index (χ3n) is 7.89. The van der Waals surface area contributed by atoms with Gasteiger partial charge in [0.25, 0.3) is 0 Å². The van der Waals surface area contributed by atoms with E-state index in [1.54, 1.807) is 67.6 Å². The molecule has 5 aromatic rings. The number of rotatable bonds is 11. The minimum absolute atomic E-state index is 0.00955. The van der Waals surface area contributed by atoms with Gasteiger partial charge >= 0.3 is 23.5 Å². The highest BCUT2D eigenvalue weighted by Gasteiger charge is 2.54. The molecule has 2 heterocycles. The van der Waals surface area contributed by atoms with E-state index in [1.807, 2.05) is 0 Å². The second-order valence-electron chi connectivity index (χ2n) is 11.5. The Kier molecular flexibility index (Phi) is 10.8. The van der Waals surface area contributed by atoms with Crippen molar-refractivity contribution in [1.82, 2.24) is 0 Å². The Balaban J connectivity index is 1.43. The lowest BCUT2D eigenvalue weighted by Gasteiger charge is -2.44. The maximum atomic E-state index is 13.5. The van der Waals surface area contributed by atoms with Gasteiger partial charge in [-0.1, -0.05) is 54.6 Å². The quantitative estimate of drug-likeness (QED) is 0.0612. The largest absolute Gasteiger partial charge is 0.726 e. The maximum absolute atomic E-state index is 13.5. The number of hydrogen-bond donors (Lipinski definition) is 0. The number of carbonyl (C=O) groups is 3. The molecule has 0 aliphatic carbocycles. The molecule has 1 saturated heterocycles. The van der Waals surface area contributed by atoms with Crippen LogP contribution in [0.5, 0.6) is 5.75 Å². The van der Waals surface area contributed by atoms with Crippen molar-refractivity contribution in [3.8, 4) is 5.75 Å². The number of hydrogen-bond acceptors (Lipinski definition) is 14. The van der Waals surface area contributed by atoms with Crippen LogP contribution in [-0.4, -0.2) is 68.2 Å². The summed E-state index contributed by atoms with van der Waals surface area (Å²) in [6.45, 7) is 0.957. The molecule has 268 valence electrons. The number of fused-ring (bicyclic) bond motifs is 1. The van der Waals surface area contributed by atoms with Crippen LogP contribution in [0.1, 0.15) is 36.6 Å². The molecule has 1 aliphatic heterocycles. The molecule has 1 aromatic heterocycles. The summed E-state index contributed by atoms with van der Waals surface area (Å²) in [7, 11) is -5.58. The van der Waals surface area contributed by atoms with Gasteiger partial charge in [0.2, 0.25) is 22.8 Å². The fourth-order valence-electron chi connectivity index (χ4n) is 5.48. The smallest absolute Gasteiger partial charge is 0.338 e. The van der Waals surface area contributed by atoms with Gasteiger partial charge in [0, 0.05) is 17.5 Å². The third-order valence-corrected chi connectivity index (χ3v) is 8.35. The van der Waals surface area contributed by atoms with E-state index in [9.17, 15) is 32.1 Å². The average molecular weight is 730 g/mol. The Morgan fingerprint density at radius 2 is 1.25 bits per heavy atom. The van der Waals surface area contributed by atoms with E-state index in [2.05, 4.69) is 0 Å². The van der Waals surface area contributed by atoms with Gasteiger partial charge < -0.3 is 32.7 Å². The van der Waals surface area contributed by atoms with Gasteiger partial charge in [-0.05, 0) is 61.0 Å². The molecule has 52 heavy (non-hydrogen) atoms. The molecule has 1 aliphatic rings. The fourth-order valence-corrected chi connectivity index (χ4v) is 5.98. The van der Waals surface area contributed by atoms with Crippen LogP contribution in [0.3, 0.4) is 0 Å². The molecule has 0 N–H and O–H groups in total. The second kappa shape index (κ2) is 15.6. The van der Waals surface area contributed by atoms with E-state index in [4.69, 9.17) is 32.3 Å². The van der Waals surface area contributed by atoms with E-state index in [0.717, 1.165) is 0 Å². The molecule has 0 bridgehead atoms. The van der Waals surface area contributed by atoms with E-state index in [-0.39, 0.29) is 28.0 Å². The topological polar surface area (TPSA) is 194 Å². The first-order valence-electron chi connectivity index (χ1n) is 15.7. The van der Waals surface area contributed by atoms with Gasteiger partial charge in [0.15, 0.2) is 6.10 Å². The van der Waals surface area contributed by atoms with E-state index in [0.29, 0.717) is 10.9 Å². The summed E-state index contributed by atoms with van der Waals surface area (Å²) in [6, 6.07) is 28.7. The highest BCUT2D eigenvalue weighted by Crippen LogP contribution is 2.33. The first kappa shape index (κ1) is 35.9. The predicted octanol–water partition coefficient (Wildman–Crippen LogP) is 4.36. The molecule has 5 atom stereocenters. The third kappa shape index (κ3) is 8.70. The molecule has 4 aromatic carbocycles. The first-order valence-corrected chi connectivity index (χ1v) is 17.0. The number of ether oxygens (including phenoxy) is 5. The lowest BCUT2D eigenvalue weighted by atomic mass is 9.98. The van der Waals surface area contributed by atoms with Gasteiger partial charge in [-0.25, -0.2) is 27.6 Å². The Hall–Kier alpha value is -5.87. The van der Waals surface area contributed by atoms with Crippen LogP contribution in [0.25, 0.3) is 11.0 Å². The fraction of sp³-hybridized carbons (Fsp3) is 0.189. The summed E-state index contributed by atoms with van der Waals surface area (Å²) >= 11 is 0. The SMILES string of the molecule is Cc1cc(=O)oc2cc(O[C@H]3O[C@@H](COC(=O)c4ccccc4)[C@@H](OS(=O)(=O)[O-])[C@@H](OC(=O)c4ccccc4)[C@@H]3OC(=O)c3ccccc3)ccc12. The zero-order chi connectivity index (χ0) is 36.8. The highest BCUT2D eigenvalue weighted by molar-refractivity contribution is 7.80. The van der Waals surface area contributed by atoms with Crippen LogP contribution < -0.4 is 10.4 Å². The zero-order valence-corrected chi connectivity index (χ0v) is 28.0. The normalized spacial score (nSPS) is 20.1. The van der Waals surface area contributed by atoms with Crippen molar-refractivity contribution < 1.29 is 59.6 Å². The molecule has 0 saturated carbocycles. The van der Waals surface area contributed by atoms with Crippen LogP contribution in [0.15, 0.2) is 124 Å². The lowest BCUT2D eigenvalue weighted by molar-refractivity contribution is -0.271. The zero-order valence-electron chi connectivity index (χ0n) is 27.2. The van der Waals surface area contributed by atoms with Crippen molar-refractivity contribution in [3.63, 3.8) is 0 Å². The monoisotopic (exact) mass is 729 g/mol. The van der Waals surface area contributed by atoms with Crippen LogP contribution in [0, 0.1) is 6.92 Å². The van der Waals surface area contributed by atoms with E-state index in [1.165, 1.54) is 54.6 Å². The summed E-state index contributed by atoms with van der Waals surface area (Å²) in [5.74, 6) is -2.83. The summed E-state index contributed by atoms with van der Waals surface area (Å²) in [5.41, 5.74) is 0.316. The van der Waals surface area contributed by atoms with Crippen LogP contribution in [-0.2, 0) is 33.5 Å².